The second-order valence-electron chi connectivity index (χ2n) is 22.7. The highest BCUT2D eigenvalue weighted by Gasteiger charge is 2.70. The van der Waals surface area contributed by atoms with E-state index >= 15 is 0 Å². The molecule has 3 aliphatic carbocycles. The van der Waals surface area contributed by atoms with Crippen LogP contribution in [-0.2, 0) is 10.8 Å². The van der Waals surface area contributed by atoms with Gasteiger partial charge in [-0.3, -0.25) is 0 Å². The van der Waals surface area contributed by atoms with E-state index in [4.69, 9.17) is 0 Å². The molecule has 15 aromatic rings. The smallest absolute Gasteiger partial charge is 0.0648 e. The maximum Gasteiger partial charge on any atom is 0.0648 e. The first-order chi connectivity index (χ1) is 41.2. The highest BCUT2D eigenvalue weighted by atomic mass is 15.2. The van der Waals surface area contributed by atoms with Gasteiger partial charge in [0.05, 0.1) is 27.9 Å². The van der Waals surface area contributed by atoms with Crippen LogP contribution in [0.3, 0.4) is 0 Å². The zero-order chi connectivity index (χ0) is 54.4. The first-order valence-corrected chi connectivity index (χ1v) is 28.9. The number of para-hydroxylation sites is 3. The lowest BCUT2D eigenvalue weighted by Crippen LogP contribution is -2.42. The summed E-state index contributed by atoms with van der Waals surface area (Å²) in [5.41, 5.74) is 17.0. The van der Waals surface area contributed by atoms with Crippen LogP contribution in [0.5, 0.6) is 0 Å². The largest absolute Gasteiger partial charge is 0.310 e. The van der Waals surface area contributed by atoms with E-state index in [1.165, 1.54) is 98.0 Å². The minimum absolute atomic E-state index is 0.643. The maximum atomic E-state index is 2.52. The summed E-state index contributed by atoms with van der Waals surface area (Å²) >= 11 is 0. The number of nitrogens with zero attached hydrogens (tertiary/aromatic N) is 3. The van der Waals surface area contributed by atoms with Gasteiger partial charge in [-0.1, -0.05) is 218 Å². The van der Waals surface area contributed by atoms with Gasteiger partial charge in [0.25, 0.3) is 0 Å². The molecule has 83 heavy (non-hydrogen) atoms. The van der Waals surface area contributed by atoms with Gasteiger partial charge >= 0.3 is 0 Å². The molecule has 0 radical (unpaired) electrons. The van der Waals surface area contributed by atoms with Crippen molar-refractivity contribution >= 4 is 116 Å². The van der Waals surface area contributed by atoms with E-state index in [0.717, 1.165) is 51.2 Å². The maximum absolute atomic E-state index is 2.52. The summed E-state index contributed by atoms with van der Waals surface area (Å²) in [5.74, 6) is 0. The van der Waals surface area contributed by atoms with Gasteiger partial charge in [-0.25, -0.2) is 0 Å². The van der Waals surface area contributed by atoms with Gasteiger partial charge in [0, 0.05) is 50.3 Å². The second kappa shape index (κ2) is 17.4. The molecule has 3 heteroatoms. The summed E-state index contributed by atoms with van der Waals surface area (Å²) in [5, 5.41) is 15.0. The van der Waals surface area contributed by atoms with Crippen LogP contribution < -0.4 is 14.7 Å². The zero-order valence-corrected chi connectivity index (χ0v) is 45.3. The molecule has 0 amide bonds. The lowest BCUT2D eigenvalue weighted by molar-refractivity contribution is 0.492. The van der Waals surface area contributed by atoms with Crippen LogP contribution in [0.15, 0.2) is 309 Å². The van der Waals surface area contributed by atoms with E-state index in [0.29, 0.717) is 0 Å². The van der Waals surface area contributed by atoms with Crippen molar-refractivity contribution < 1.29 is 0 Å². The van der Waals surface area contributed by atoms with Gasteiger partial charge in [0.2, 0.25) is 0 Å². The molecule has 3 nitrogen and oxygen atoms in total. The van der Waals surface area contributed by atoms with Gasteiger partial charge in [0.1, 0.15) is 0 Å². The van der Waals surface area contributed by atoms with E-state index in [1.54, 1.807) is 0 Å². The minimum atomic E-state index is -0.643. The Morgan fingerprint density at radius 2 is 0.446 bits per heavy atom. The molecule has 0 heterocycles. The summed E-state index contributed by atoms with van der Waals surface area (Å²) in [6.45, 7) is 0. The molecule has 0 bridgehead atoms. The normalized spacial score (nSPS) is 16.0. The summed E-state index contributed by atoms with van der Waals surface area (Å²) < 4.78 is 0. The Morgan fingerprint density at radius 1 is 0.181 bits per heavy atom. The van der Waals surface area contributed by atoms with Crippen molar-refractivity contribution in [3.05, 3.63) is 343 Å². The fraction of sp³-hybridized carbons (Fsp3) is 0.0250. The van der Waals surface area contributed by atoms with E-state index < -0.39 is 10.8 Å². The molecule has 0 fully saturated rings. The number of hydrogen-bond acceptors (Lipinski definition) is 3. The summed E-state index contributed by atoms with van der Waals surface area (Å²) in [4.78, 5) is 7.44. The summed E-state index contributed by atoms with van der Waals surface area (Å²) in [7, 11) is 0. The fourth-order valence-electron chi connectivity index (χ4n) is 15.7. The lowest BCUT2D eigenvalue weighted by atomic mass is 9.59. The zero-order valence-electron chi connectivity index (χ0n) is 45.3. The van der Waals surface area contributed by atoms with Gasteiger partial charge < -0.3 is 14.7 Å². The Morgan fingerprint density at radius 3 is 0.747 bits per heavy atom. The van der Waals surface area contributed by atoms with E-state index in [-0.39, 0.29) is 0 Å². The molecule has 0 aliphatic heterocycles. The van der Waals surface area contributed by atoms with Crippen LogP contribution in [0, 0.1) is 0 Å². The van der Waals surface area contributed by atoms with Crippen molar-refractivity contribution in [2.45, 2.75) is 10.8 Å². The van der Waals surface area contributed by atoms with Crippen LogP contribution in [-0.4, -0.2) is 0 Å². The first kappa shape index (κ1) is 46.1. The van der Waals surface area contributed by atoms with Crippen LogP contribution in [0.2, 0.25) is 0 Å². The minimum Gasteiger partial charge on any atom is -0.310 e. The molecule has 0 saturated heterocycles. The Labute approximate surface area is 481 Å². The molecule has 0 aromatic heterocycles. The van der Waals surface area contributed by atoms with E-state index in [9.17, 15) is 0 Å². The molecule has 0 atom stereocenters. The van der Waals surface area contributed by atoms with Crippen LogP contribution >= 0.6 is 0 Å². The van der Waals surface area contributed by atoms with Crippen LogP contribution in [0.4, 0.5) is 51.2 Å². The molecule has 18 rings (SSSR count). The number of fused-ring (bicyclic) bond motifs is 3. The quantitative estimate of drug-likeness (QED) is 0.143. The Hall–Kier alpha value is -10.7. The Bertz CT molecular complexity index is 4630. The molecule has 0 spiro atoms. The third-order valence-corrected chi connectivity index (χ3v) is 18.8. The second-order valence-corrected chi connectivity index (χ2v) is 22.7. The van der Waals surface area contributed by atoms with Crippen molar-refractivity contribution in [3.8, 4) is 0 Å². The standard InChI is InChI=1S/C80H51N3/c1-4-25-58(26-5-1)81(61-40-37-52-19-10-13-22-55(52)49-61)73-46-43-70-76-64(73)31-16-34-67(76)79-68-35-17-32-65-74(82(59-27-6-2-7-28-59)62-41-38-53-20-11-14-23-56(53)50-62)47-44-71(77(65)68)80(70,79)72-45-48-75(66-33-18-36-69(79)78(66)72)83(60-29-8-3-9-30-60)63-42-39-54-21-12-15-24-57(54)51-63/h1-51H. The van der Waals surface area contributed by atoms with Crippen LogP contribution in [0.25, 0.3) is 64.6 Å². The summed E-state index contributed by atoms with van der Waals surface area (Å²) in [6, 6.07) is 116. The van der Waals surface area contributed by atoms with Crippen molar-refractivity contribution in [1.29, 1.82) is 0 Å². The molecular formula is C80H51N3. The van der Waals surface area contributed by atoms with Gasteiger partial charge in [-0.05, 0) is 173 Å². The summed E-state index contributed by atoms with van der Waals surface area (Å²) in [6.07, 6.45) is 0. The molecule has 0 unspecified atom stereocenters. The van der Waals surface area contributed by atoms with E-state index in [2.05, 4.69) is 324 Å². The molecular weight excluding hydrogens is 1000 g/mol. The van der Waals surface area contributed by atoms with Crippen LogP contribution in [0.1, 0.15) is 33.4 Å². The average molecular weight is 1050 g/mol. The van der Waals surface area contributed by atoms with Gasteiger partial charge in [0.15, 0.2) is 0 Å². The van der Waals surface area contributed by atoms with Crippen molar-refractivity contribution in [2.75, 3.05) is 14.7 Å². The molecule has 15 aromatic carbocycles. The predicted molar refractivity (Wildman–Crippen MR) is 348 cm³/mol. The van der Waals surface area contributed by atoms with Crippen molar-refractivity contribution in [3.63, 3.8) is 0 Å². The number of benzene rings is 15. The third-order valence-electron chi connectivity index (χ3n) is 18.8. The highest BCUT2D eigenvalue weighted by molar-refractivity contribution is 6.19. The third kappa shape index (κ3) is 6.18. The Kier molecular flexibility index (Phi) is 9.64. The molecule has 3 aliphatic rings. The van der Waals surface area contributed by atoms with Crippen molar-refractivity contribution in [2.24, 2.45) is 0 Å². The first-order valence-electron chi connectivity index (χ1n) is 28.9. The van der Waals surface area contributed by atoms with Gasteiger partial charge in [-0.15, -0.1) is 0 Å². The average Bonchev–Trinajstić information content (AvgIpc) is 1.46. The molecule has 386 valence electrons. The molecule has 0 N–H and O–H groups in total. The highest BCUT2D eigenvalue weighted by Crippen LogP contribution is 2.77. The number of rotatable bonds is 9. The van der Waals surface area contributed by atoms with Gasteiger partial charge in [-0.2, -0.15) is 0 Å². The topological polar surface area (TPSA) is 9.72 Å². The Balaban J connectivity index is 0.935. The lowest BCUT2D eigenvalue weighted by Gasteiger charge is -2.40. The number of hydrogen-bond donors (Lipinski definition) is 0. The fourth-order valence-corrected chi connectivity index (χ4v) is 15.7. The molecule has 0 saturated carbocycles. The predicted octanol–water partition coefficient (Wildman–Crippen LogP) is 21.3. The van der Waals surface area contributed by atoms with E-state index in [1.807, 2.05) is 0 Å². The van der Waals surface area contributed by atoms with Crippen molar-refractivity contribution in [1.82, 2.24) is 0 Å². The SMILES string of the molecule is c1ccc(N(c2ccc3ccccc3c2)c2ccc3c4c(cccc24)C24c5cccc6c(N(c7ccccc7)c7ccc8ccccc8c7)ccc(c56)C32c2ccc(N(c3ccccc3)c3ccc5ccccc5c3)c3cccc4c23)cc1. The monoisotopic (exact) mass is 1050 g/mol. The number of anilines is 9.